The molecule has 1 aromatic rings. The van der Waals surface area contributed by atoms with E-state index in [4.69, 9.17) is 37.4 Å². The molecule has 0 saturated carbocycles. The Bertz CT molecular complexity index is 464. The molecule has 1 heterocycles. The van der Waals surface area contributed by atoms with E-state index in [1.54, 1.807) is 18.2 Å². The molecule has 1 amide bonds. The van der Waals surface area contributed by atoms with Gasteiger partial charge in [-0.15, -0.1) is 0 Å². The highest BCUT2D eigenvalue weighted by Crippen LogP contribution is 2.27. The second-order valence-corrected chi connectivity index (χ2v) is 5.08. The Morgan fingerprint density at radius 1 is 1.40 bits per heavy atom. The summed E-state index contributed by atoms with van der Waals surface area (Å²) in [4.78, 5) is 11.6. The first-order valence-electron chi connectivity index (χ1n) is 6.19. The van der Waals surface area contributed by atoms with Crippen LogP contribution in [0.2, 0.25) is 10.0 Å². The van der Waals surface area contributed by atoms with Crippen molar-refractivity contribution in [3.8, 4) is 5.75 Å². The van der Waals surface area contributed by atoms with Gasteiger partial charge in [0.2, 0.25) is 0 Å². The lowest BCUT2D eigenvalue weighted by Crippen LogP contribution is -2.41. The molecule has 1 atom stereocenters. The molecule has 1 fully saturated rings. The van der Waals surface area contributed by atoms with Crippen LogP contribution < -0.4 is 10.1 Å². The molecule has 0 aliphatic carbocycles. The molecule has 5 nitrogen and oxygen atoms in total. The monoisotopic (exact) mass is 319 g/mol. The van der Waals surface area contributed by atoms with Crippen LogP contribution in [0.4, 0.5) is 0 Å². The van der Waals surface area contributed by atoms with Gasteiger partial charge in [-0.2, -0.15) is 0 Å². The lowest BCUT2D eigenvalue weighted by Gasteiger charge is -2.23. The van der Waals surface area contributed by atoms with Gasteiger partial charge in [0.05, 0.1) is 30.9 Å². The van der Waals surface area contributed by atoms with Crippen LogP contribution >= 0.6 is 23.2 Å². The van der Waals surface area contributed by atoms with Gasteiger partial charge in [-0.25, -0.2) is 0 Å². The van der Waals surface area contributed by atoms with E-state index >= 15 is 0 Å². The van der Waals surface area contributed by atoms with Gasteiger partial charge in [0.15, 0.2) is 6.61 Å². The Labute approximate surface area is 127 Å². The zero-order valence-electron chi connectivity index (χ0n) is 10.7. The van der Waals surface area contributed by atoms with Gasteiger partial charge in [0, 0.05) is 11.6 Å². The summed E-state index contributed by atoms with van der Waals surface area (Å²) in [6.45, 7) is 1.93. The van der Waals surface area contributed by atoms with Gasteiger partial charge < -0.3 is 19.5 Å². The Balaban J connectivity index is 1.71. The predicted molar refractivity (Wildman–Crippen MR) is 75.5 cm³/mol. The molecule has 2 rings (SSSR count). The molecule has 1 aromatic carbocycles. The summed E-state index contributed by atoms with van der Waals surface area (Å²) < 4.78 is 16.0. The number of hydrogen-bond donors (Lipinski definition) is 1. The van der Waals surface area contributed by atoms with Gasteiger partial charge in [-0.1, -0.05) is 23.2 Å². The van der Waals surface area contributed by atoms with E-state index in [0.29, 0.717) is 42.2 Å². The first-order chi connectivity index (χ1) is 9.65. The standard InChI is InChI=1S/C13H15Cl2NO4/c14-9-1-2-12(11(15)5-9)20-8-13(17)16-6-10-7-18-3-4-19-10/h1-2,5,10H,3-4,6-8H2,(H,16,17)/t10-/m1/s1. The number of halogens is 2. The molecule has 20 heavy (non-hydrogen) atoms. The number of ether oxygens (including phenoxy) is 3. The summed E-state index contributed by atoms with van der Waals surface area (Å²) in [6.07, 6.45) is -0.105. The van der Waals surface area contributed by atoms with Crippen molar-refractivity contribution in [1.29, 1.82) is 0 Å². The molecule has 0 aromatic heterocycles. The van der Waals surface area contributed by atoms with Crippen LogP contribution in [0.1, 0.15) is 0 Å². The van der Waals surface area contributed by atoms with Crippen molar-refractivity contribution in [2.75, 3.05) is 33.0 Å². The Morgan fingerprint density at radius 3 is 2.95 bits per heavy atom. The second kappa shape index (κ2) is 7.69. The average Bonchev–Trinajstić information content (AvgIpc) is 2.45. The molecule has 0 radical (unpaired) electrons. The molecule has 7 heteroatoms. The van der Waals surface area contributed by atoms with Gasteiger partial charge in [-0.3, -0.25) is 4.79 Å². The van der Waals surface area contributed by atoms with E-state index in [2.05, 4.69) is 5.32 Å². The van der Waals surface area contributed by atoms with Gasteiger partial charge in [-0.05, 0) is 18.2 Å². The molecule has 1 aliphatic rings. The lowest BCUT2D eigenvalue weighted by molar-refractivity contribution is -0.125. The van der Waals surface area contributed by atoms with Crippen LogP contribution in [0.3, 0.4) is 0 Å². The van der Waals surface area contributed by atoms with Crippen LogP contribution in [-0.4, -0.2) is 45.0 Å². The fourth-order valence-electron chi connectivity index (χ4n) is 1.67. The van der Waals surface area contributed by atoms with Crippen LogP contribution in [0.15, 0.2) is 18.2 Å². The SMILES string of the molecule is O=C(COc1ccc(Cl)cc1Cl)NC[C@@H]1COCCO1. The van der Waals surface area contributed by atoms with Crippen molar-refractivity contribution in [1.82, 2.24) is 5.32 Å². The Kier molecular flexibility index (Phi) is 5.91. The van der Waals surface area contributed by atoms with Crippen LogP contribution in [0.25, 0.3) is 0 Å². The molecular weight excluding hydrogens is 305 g/mol. The third-order valence-corrected chi connectivity index (χ3v) is 3.20. The van der Waals surface area contributed by atoms with E-state index in [9.17, 15) is 4.79 Å². The van der Waals surface area contributed by atoms with Crippen LogP contribution in [0, 0.1) is 0 Å². The van der Waals surface area contributed by atoms with Gasteiger partial charge in [0.1, 0.15) is 5.75 Å². The van der Waals surface area contributed by atoms with Crippen LogP contribution in [-0.2, 0) is 14.3 Å². The first kappa shape index (κ1) is 15.4. The summed E-state index contributed by atoms with van der Waals surface area (Å²) in [5.74, 6) is 0.175. The molecule has 0 bridgehead atoms. The number of rotatable bonds is 5. The smallest absolute Gasteiger partial charge is 0.258 e. The van der Waals surface area contributed by atoms with E-state index in [0.717, 1.165) is 0 Å². The minimum Gasteiger partial charge on any atom is -0.482 e. The summed E-state index contributed by atoms with van der Waals surface area (Å²) in [5, 5.41) is 3.60. The average molecular weight is 320 g/mol. The molecule has 1 N–H and O–H groups in total. The van der Waals surface area contributed by atoms with Gasteiger partial charge >= 0.3 is 0 Å². The molecular formula is C13H15Cl2NO4. The predicted octanol–water partition coefficient (Wildman–Crippen LogP) is 1.90. The maximum absolute atomic E-state index is 11.6. The number of nitrogens with one attached hydrogen (secondary N) is 1. The Hall–Kier alpha value is -1.01. The second-order valence-electron chi connectivity index (χ2n) is 4.24. The van der Waals surface area contributed by atoms with E-state index < -0.39 is 0 Å². The lowest BCUT2D eigenvalue weighted by atomic mass is 10.3. The highest BCUT2D eigenvalue weighted by Gasteiger charge is 2.15. The molecule has 1 saturated heterocycles. The molecule has 1 aliphatic heterocycles. The molecule has 0 spiro atoms. The number of carbonyl (C=O) groups excluding carboxylic acids is 1. The van der Waals surface area contributed by atoms with E-state index in [1.165, 1.54) is 0 Å². The van der Waals surface area contributed by atoms with Crippen molar-refractivity contribution < 1.29 is 19.0 Å². The summed E-state index contributed by atoms with van der Waals surface area (Å²) in [5.41, 5.74) is 0. The minimum atomic E-state index is -0.245. The topological polar surface area (TPSA) is 56.8 Å². The molecule has 0 unspecified atom stereocenters. The number of amides is 1. The number of carbonyl (C=O) groups is 1. The van der Waals surface area contributed by atoms with Crippen molar-refractivity contribution in [3.63, 3.8) is 0 Å². The third kappa shape index (κ3) is 4.83. The fourth-order valence-corrected chi connectivity index (χ4v) is 2.13. The maximum atomic E-state index is 11.6. The number of hydrogen-bond acceptors (Lipinski definition) is 4. The maximum Gasteiger partial charge on any atom is 0.258 e. The Morgan fingerprint density at radius 2 is 2.25 bits per heavy atom. The fraction of sp³-hybridized carbons (Fsp3) is 0.462. The number of benzene rings is 1. The zero-order chi connectivity index (χ0) is 14.4. The first-order valence-corrected chi connectivity index (χ1v) is 6.94. The van der Waals surface area contributed by atoms with E-state index in [-0.39, 0.29) is 18.6 Å². The van der Waals surface area contributed by atoms with E-state index in [1.807, 2.05) is 0 Å². The van der Waals surface area contributed by atoms with Crippen molar-refractivity contribution in [3.05, 3.63) is 28.2 Å². The highest BCUT2D eigenvalue weighted by molar-refractivity contribution is 6.35. The van der Waals surface area contributed by atoms with Gasteiger partial charge in [0.25, 0.3) is 5.91 Å². The quantitative estimate of drug-likeness (QED) is 0.900. The largest absolute Gasteiger partial charge is 0.482 e. The van der Waals surface area contributed by atoms with Crippen molar-refractivity contribution >= 4 is 29.1 Å². The van der Waals surface area contributed by atoms with Crippen molar-refractivity contribution in [2.45, 2.75) is 6.10 Å². The minimum absolute atomic E-state index is 0.105. The summed E-state index contributed by atoms with van der Waals surface area (Å²) >= 11 is 11.7. The zero-order valence-corrected chi connectivity index (χ0v) is 12.2. The summed E-state index contributed by atoms with van der Waals surface area (Å²) in [7, 11) is 0. The van der Waals surface area contributed by atoms with Crippen LogP contribution in [0.5, 0.6) is 5.75 Å². The van der Waals surface area contributed by atoms with Crippen molar-refractivity contribution in [2.24, 2.45) is 0 Å². The normalized spacial score (nSPS) is 18.6. The summed E-state index contributed by atoms with van der Waals surface area (Å²) in [6, 6.07) is 4.83. The highest BCUT2D eigenvalue weighted by atomic mass is 35.5. The third-order valence-electron chi connectivity index (χ3n) is 2.66. The molecule has 110 valence electrons.